The van der Waals surface area contributed by atoms with Crippen LogP contribution in [0.3, 0.4) is 0 Å². The molecule has 0 saturated heterocycles. The molecule has 0 aliphatic rings. The lowest BCUT2D eigenvalue weighted by Gasteiger charge is -2.18. The lowest BCUT2D eigenvalue weighted by molar-refractivity contribution is -0.167. The van der Waals surface area contributed by atoms with Crippen LogP contribution in [-0.4, -0.2) is 37.2 Å². The lowest BCUT2D eigenvalue weighted by Crippen LogP contribution is -2.30. The van der Waals surface area contributed by atoms with Gasteiger partial charge in [0.2, 0.25) is 0 Å². The molecule has 0 aliphatic heterocycles. The highest BCUT2D eigenvalue weighted by Gasteiger charge is 2.19. The summed E-state index contributed by atoms with van der Waals surface area (Å²) in [6.45, 7) is 6.49. The molecule has 0 saturated carbocycles. The Kier molecular flexibility index (Phi) is 60.3. The zero-order valence-electron chi connectivity index (χ0n) is 49.7. The van der Waals surface area contributed by atoms with Crippen molar-refractivity contribution in [3.8, 4) is 0 Å². The molecule has 76 heavy (non-hydrogen) atoms. The largest absolute Gasteiger partial charge is 0.462 e. The Balaban J connectivity index is 4.41. The fraction of sp³-hybridized carbons (Fsp3) is 0.700. The molecule has 0 aromatic carbocycles. The van der Waals surface area contributed by atoms with Crippen LogP contribution in [0.1, 0.15) is 297 Å². The molecule has 6 nitrogen and oxygen atoms in total. The van der Waals surface area contributed by atoms with E-state index in [4.69, 9.17) is 14.2 Å². The monoisotopic (exact) mass is 1050 g/mol. The van der Waals surface area contributed by atoms with E-state index >= 15 is 0 Å². The molecule has 0 aromatic heterocycles. The maximum Gasteiger partial charge on any atom is 0.306 e. The number of hydrogen-bond acceptors (Lipinski definition) is 6. The van der Waals surface area contributed by atoms with Gasteiger partial charge >= 0.3 is 17.9 Å². The molecule has 0 fully saturated rings. The Morgan fingerprint density at radius 3 is 0.842 bits per heavy atom. The van der Waals surface area contributed by atoms with E-state index in [1.807, 2.05) is 0 Å². The van der Waals surface area contributed by atoms with E-state index in [0.29, 0.717) is 19.3 Å². The van der Waals surface area contributed by atoms with E-state index in [1.165, 1.54) is 122 Å². The summed E-state index contributed by atoms with van der Waals surface area (Å²) in [5, 5.41) is 0. The summed E-state index contributed by atoms with van der Waals surface area (Å²) >= 11 is 0. The van der Waals surface area contributed by atoms with Gasteiger partial charge in [-0.2, -0.15) is 0 Å². The van der Waals surface area contributed by atoms with Gasteiger partial charge in [-0.1, -0.05) is 259 Å². The van der Waals surface area contributed by atoms with Crippen LogP contribution < -0.4 is 0 Å². The second-order valence-electron chi connectivity index (χ2n) is 20.9. The van der Waals surface area contributed by atoms with E-state index < -0.39 is 6.10 Å². The molecule has 0 amide bonds. The summed E-state index contributed by atoms with van der Waals surface area (Å²) in [4.78, 5) is 38.3. The van der Waals surface area contributed by atoms with Gasteiger partial charge in [-0.25, -0.2) is 0 Å². The van der Waals surface area contributed by atoms with Crippen LogP contribution >= 0.6 is 0 Å². The maximum absolute atomic E-state index is 12.9. The van der Waals surface area contributed by atoms with Crippen LogP contribution in [0.5, 0.6) is 0 Å². The first-order valence-corrected chi connectivity index (χ1v) is 31.9. The highest BCUT2D eigenvalue weighted by atomic mass is 16.6. The van der Waals surface area contributed by atoms with Gasteiger partial charge in [0.1, 0.15) is 13.2 Å². The molecule has 0 spiro atoms. The van der Waals surface area contributed by atoms with Gasteiger partial charge in [0.15, 0.2) is 6.10 Å². The van der Waals surface area contributed by atoms with E-state index in [2.05, 4.69) is 130 Å². The number of allylic oxidation sites excluding steroid dienone is 18. The molecule has 0 aromatic rings. The average Bonchev–Trinajstić information content (AvgIpc) is 3.42. The number of carbonyl (C=O) groups excluding carboxylic acids is 3. The molecule has 0 bridgehead atoms. The van der Waals surface area contributed by atoms with Crippen molar-refractivity contribution in [1.82, 2.24) is 0 Å². The molecule has 1 atom stereocenters. The summed E-state index contributed by atoms with van der Waals surface area (Å²) in [6.07, 6.45) is 86.5. The average molecular weight is 1060 g/mol. The predicted octanol–water partition coefficient (Wildman–Crippen LogP) is 21.8. The topological polar surface area (TPSA) is 78.9 Å². The van der Waals surface area contributed by atoms with Crippen LogP contribution in [0.2, 0.25) is 0 Å². The van der Waals surface area contributed by atoms with Crippen molar-refractivity contribution in [2.45, 2.75) is 303 Å². The fourth-order valence-electron chi connectivity index (χ4n) is 8.71. The lowest BCUT2D eigenvalue weighted by atomic mass is 10.1. The maximum atomic E-state index is 12.9. The number of unbranched alkanes of at least 4 members (excludes halogenated alkanes) is 28. The van der Waals surface area contributed by atoms with Crippen molar-refractivity contribution < 1.29 is 28.6 Å². The van der Waals surface area contributed by atoms with Crippen molar-refractivity contribution >= 4 is 17.9 Å². The first kappa shape index (κ1) is 72.1. The number of esters is 3. The molecule has 6 heteroatoms. The Labute approximate surface area is 470 Å². The van der Waals surface area contributed by atoms with Gasteiger partial charge in [-0.15, -0.1) is 0 Å². The van der Waals surface area contributed by atoms with Crippen molar-refractivity contribution in [1.29, 1.82) is 0 Å². The molecule has 434 valence electrons. The van der Waals surface area contributed by atoms with E-state index in [-0.39, 0.29) is 31.1 Å². The Morgan fingerprint density at radius 1 is 0.276 bits per heavy atom. The first-order valence-electron chi connectivity index (χ1n) is 31.9. The Morgan fingerprint density at radius 2 is 0.513 bits per heavy atom. The summed E-state index contributed by atoms with van der Waals surface area (Å²) < 4.78 is 16.9. The Hall–Kier alpha value is -3.93. The molecular formula is C70H118O6. The third kappa shape index (κ3) is 60.9. The van der Waals surface area contributed by atoms with Gasteiger partial charge in [-0.3, -0.25) is 14.4 Å². The van der Waals surface area contributed by atoms with E-state index in [0.717, 1.165) is 135 Å². The fourth-order valence-corrected chi connectivity index (χ4v) is 8.71. The summed E-state index contributed by atoms with van der Waals surface area (Å²) in [5.41, 5.74) is 0. The summed E-state index contributed by atoms with van der Waals surface area (Å²) in [7, 11) is 0. The minimum absolute atomic E-state index is 0.0923. The SMILES string of the molecule is CC/C=C\C/C=C\C/C=C\C/C=C\C/C=C\C/C=C\CCCCCCCCC(=O)OCC(COC(=O)CCCCCCC/C=C\C/C=C\CCCCC)OC(=O)CCCCCCCCC/C=C\CCCCCCCCC. The second-order valence-corrected chi connectivity index (χ2v) is 20.9. The van der Waals surface area contributed by atoms with Crippen LogP contribution in [-0.2, 0) is 28.6 Å². The number of hydrogen-bond donors (Lipinski definition) is 0. The summed E-state index contributed by atoms with van der Waals surface area (Å²) in [6, 6.07) is 0. The first-order chi connectivity index (χ1) is 37.5. The molecule has 0 rings (SSSR count). The number of ether oxygens (including phenoxy) is 3. The summed E-state index contributed by atoms with van der Waals surface area (Å²) in [5.74, 6) is -0.917. The Bertz CT molecular complexity index is 1540. The molecule has 0 N–H and O–H groups in total. The van der Waals surface area contributed by atoms with Gasteiger partial charge in [0.05, 0.1) is 0 Å². The van der Waals surface area contributed by atoms with Crippen LogP contribution in [0, 0.1) is 0 Å². The second kappa shape index (κ2) is 63.6. The van der Waals surface area contributed by atoms with Crippen molar-refractivity contribution in [2.24, 2.45) is 0 Å². The van der Waals surface area contributed by atoms with Gasteiger partial charge in [0.25, 0.3) is 0 Å². The van der Waals surface area contributed by atoms with E-state index in [9.17, 15) is 14.4 Å². The minimum atomic E-state index is -0.796. The zero-order chi connectivity index (χ0) is 55.0. The normalized spacial score (nSPS) is 12.8. The highest BCUT2D eigenvalue weighted by Crippen LogP contribution is 2.15. The molecule has 0 heterocycles. The van der Waals surface area contributed by atoms with Crippen LogP contribution in [0.25, 0.3) is 0 Å². The number of carbonyl (C=O) groups is 3. The third-order valence-electron chi connectivity index (χ3n) is 13.5. The molecule has 1 unspecified atom stereocenters. The number of rotatable bonds is 57. The van der Waals surface area contributed by atoms with Gasteiger partial charge in [0, 0.05) is 19.3 Å². The van der Waals surface area contributed by atoms with Crippen molar-refractivity contribution in [3.05, 3.63) is 109 Å². The highest BCUT2D eigenvalue weighted by molar-refractivity contribution is 5.71. The van der Waals surface area contributed by atoms with Crippen molar-refractivity contribution in [2.75, 3.05) is 13.2 Å². The van der Waals surface area contributed by atoms with E-state index in [1.54, 1.807) is 0 Å². The standard InChI is InChI=1S/C70H118O6/c1-4-7-10-13-16-19-22-25-28-30-32-33-34-35-36-37-38-40-42-45-48-51-54-57-60-63-69(72)75-66-67(65-74-68(71)62-59-56-53-50-47-44-41-27-24-21-18-15-12-9-6-3)76-70(73)64-61-58-55-52-49-46-43-39-31-29-26-23-20-17-14-11-8-5-2/h7,10,16,18-19,21,25,27-29,31-33,35-36,38,40-41,67H,4-6,8-9,11-15,17,20,22-24,26,30,34,37,39,42-66H2,1-3H3/b10-7-,19-16-,21-18-,28-25-,31-29-,33-32-,36-35-,40-38-,41-27-. The van der Waals surface area contributed by atoms with Gasteiger partial charge < -0.3 is 14.2 Å². The third-order valence-corrected chi connectivity index (χ3v) is 13.5. The zero-order valence-corrected chi connectivity index (χ0v) is 49.7. The predicted molar refractivity (Wildman–Crippen MR) is 330 cm³/mol. The minimum Gasteiger partial charge on any atom is -0.462 e. The molecule has 0 radical (unpaired) electrons. The smallest absolute Gasteiger partial charge is 0.306 e. The van der Waals surface area contributed by atoms with Crippen LogP contribution in [0.4, 0.5) is 0 Å². The van der Waals surface area contributed by atoms with Crippen molar-refractivity contribution in [3.63, 3.8) is 0 Å². The van der Waals surface area contributed by atoms with Gasteiger partial charge in [-0.05, 0) is 128 Å². The quantitative estimate of drug-likeness (QED) is 0.0261. The van der Waals surface area contributed by atoms with Crippen LogP contribution in [0.15, 0.2) is 109 Å². The molecule has 0 aliphatic carbocycles. The molecular weight excluding hydrogens is 937 g/mol.